The number of allylic oxidation sites excluding steroid dienone is 3. The second-order valence-electron chi connectivity index (χ2n) is 8.78. The molecule has 1 aliphatic rings. The highest BCUT2D eigenvalue weighted by Gasteiger charge is 2.29. The monoisotopic (exact) mass is 414 g/mol. The topological polar surface area (TPSA) is 48.2 Å². The van der Waals surface area contributed by atoms with Gasteiger partial charge in [-0.05, 0) is 84.7 Å². The van der Waals surface area contributed by atoms with Crippen LogP contribution < -0.4 is 4.74 Å². The van der Waals surface area contributed by atoms with Crippen LogP contribution in [0, 0.1) is 5.41 Å². The van der Waals surface area contributed by atoms with E-state index in [0.29, 0.717) is 17.1 Å². The van der Waals surface area contributed by atoms with Crippen molar-refractivity contribution < 1.29 is 9.26 Å². The molecule has 0 amide bonds. The Morgan fingerprint density at radius 3 is 2.35 bits per heavy atom. The normalized spacial score (nSPS) is 17.3. The molecule has 0 saturated heterocycles. The predicted molar refractivity (Wildman–Crippen MR) is 126 cm³/mol. The van der Waals surface area contributed by atoms with Gasteiger partial charge >= 0.3 is 0 Å². The Hall–Kier alpha value is -3.14. The Bertz CT molecular complexity index is 1120. The summed E-state index contributed by atoms with van der Waals surface area (Å²) < 4.78 is 10.7. The molecular weight excluding hydrogens is 384 g/mol. The maximum absolute atomic E-state index is 5.50. The Labute approximate surface area is 184 Å². The SMILES string of the molecule is CCC1=C(C)/C(=C/c2ccc(-c3nc(-c4ccc(OC)cc4)no3)cc2)CCC1(C)C. The molecule has 0 unspecified atom stereocenters. The first kappa shape index (κ1) is 21.1. The van der Waals surface area contributed by atoms with Crippen LogP contribution in [0.1, 0.15) is 52.5 Å². The minimum Gasteiger partial charge on any atom is -0.497 e. The first-order valence-electron chi connectivity index (χ1n) is 10.9. The minimum absolute atomic E-state index is 0.305. The zero-order valence-corrected chi connectivity index (χ0v) is 19.0. The van der Waals surface area contributed by atoms with Gasteiger partial charge in [0, 0.05) is 11.1 Å². The van der Waals surface area contributed by atoms with Crippen LogP contribution in [0.4, 0.5) is 0 Å². The van der Waals surface area contributed by atoms with Crippen molar-refractivity contribution in [1.82, 2.24) is 10.1 Å². The summed E-state index contributed by atoms with van der Waals surface area (Å²) in [6.07, 6.45) is 5.76. The van der Waals surface area contributed by atoms with Crippen molar-refractivity contribution in [3.8, 4) is 28.6 Å². The van der Waals surface area contributed by atoms with E-state index in [2.05, 4.69) is 56.0 Å². The highest BCUT2D eigenvalue weighted by molar-refractivity contribution is 5.65. The molecule has 4 rings (SSSR count). The Balaban J connectivity index is 1.55. The minimum atomic E-state index is 0.305. The van der Waals surface area contributed by atoms with Gasteiger partial charge in [0.1, 0.15) is 5.75 Å². The van der Waals surface area contributed by atoms with E-state index in [1.54, 1.807) is 12.7 Å². The van der Waals surface area contributed by atoms with Gasteiger partial charge in [-0.25, -0.2) is 0 Å². The number of methoxy groups -OCH3 is 1. The Kier molecular flexibility index (Phi) is 5.81. The van der Waals surface area contributed by atoms with Crippen molar-refractivity contribution in [1.29, 1.82) is 0 Å². The Morgan fingerprint density at radius 1 is 1.03 bits per heavy atom. The van der Waals surface area contributed by atoms with Crippen molar-refractivity contribution in [2.75, 3.05) is 7.11 Å². The molecule has 2 aromatic carbocycles. The van der Waals surface area contributed by atoms with E-state index in [-0.39, 0.29) is 0 Å². The average Bonchev–Trinajstić information content (AvgIpc) is 3.27. The van der Waals surface area contributed by atoms with Gasteiger partial charge in [-0.3, -0.25) is 0 Å². The van der Waals surface area contributed by atoms with E-state index in [1.807, 2.05) is 36.4 Å². The van der Waals surface area contributed by atoms with Crippen LogP contribution in [0.2, 0.25) is 0 Å². The number of nitrogens with zero attached hydrogens (tertiary/aromatic N) is 2. The lowest BCUT2D eigenvalue weighted by molar-refractivity contribution is 0.381. The highest BCUT2D eigenvalue weighted by Crippen LogP contribution is 2.44. The smallest absolute Gasteiger partial charge is 0.258 e. The first-order chi connectivity index (χ1) is 14.9. The molecule has 0 aliphatic heterocycles. The molecule has 4 nitrogen and oxygen atoms in total. The summed E-state index contributed by atoms with van der Waals surface area (Å²) in [5.41, 5.74) is 7.81. The van der Waals surface area contributed by atoms with Crippen LogP contribution >= 0.6 is 0 Å². The molecule has 0 radical (unpaired) electrons. The van der Waals surface area contributed by atoms with Crippen molar-refractivity contribution >= 4 is 6.08 Å². The summed E-state index contributed by atoms with van der Waals surface area (Å²) in [7, 11) is 1.65. The van der Waals surface area contributed by atoms with Gasteiger partial charge in [0.15, 0.2) is 0 Å². The van der Waals surface area contributed by atoms with E-state index in [9.17, 15) is 0 Å². The number of rotatable bonds is 5. The maximum atomic E-state index is 5.50. The summed E-state index contributed by atoms with van der Waals surface area (Å²) in [6.45, 7) is 9.28. The van der Waals surface area contributed by atoms with Crippen molar-refractivity contribution in [3.63, 3.8) is 0 Å². The summed E-state index contributed by atoms with van der Waals surface area (Å²) in [4.78, 5) is 4.56. The third kappa shape index (κ3) is 4.34. The summed E-state index contributed by atoms with van der Waals surface area (Å²) in [5.74, 6) is 1.89. The van der Waals surface area contributed by atoms with Gasteiger partial charge in [0.25, 0.3) is 5.89 Å². The zero-order chi connectivity index (χ0) is 22.0. The molecule has 1 aromatic heterocycles. The first-order valence-corrected chi connectivity index (χ1v) is 10.9. The maximum Gasteiger partial charge on any atom is 0.258 e. The summed E-state index contributed by atoms with van der Waals surface area (Å²) >= 11 is 0. The summed E-state index contributed by atoms with van der Waals surface area (Å²) in [6, 6.07) is 16.0. The largest absolute Gasteiger partial charge is 0.497 e. The van der Waals surface area contributed by atoms with E-state index >= 15 is 0 Å². The quantitative estimate of drug-likeness (QED) is 0.438. The number of benzene rings is 2. The fraction of sp³-hybridized carbons (Fsp3) is 0.333. The van der Waals surface area contributed by atoms with E-state index < -0.39 is 0 Å². The fourth-order valence-electron chi connectivity index (χ4n) is 4.53. The van der Waals surface area contributed by atoms with Crippen molar-refractivity contribution in [2.45, 2.75) is 47.0 Å². The Morgan fingerprint density at radius 2 is 1.71 bits per heavy atom. The number of hydrogen-bond acceptors (Lipinski definition) is 4. The van der Waals surface area contributed by atoms with Gasteiger partial charge in [-0.1, -0.05) is 49.7 Å². The van der Waals surface area contributed by atoms with Crippen LogP contribution in [0.15, 0.2) is 69.8 Å². The molecule has 1 heterocycles. The second-order valence-corrected chi connectivity index (χ2v) is 8.78. The van der Waals surface area contributed by atoms with Crippen molar-refractivity contribution in [2.24, 2.45) is 5.41 Å². The molecule has 160 valence electrons. The van der Waals surface area contributed by atoms with Crippen molar-refractivity contribution in [3.05, 3.63) is 70.8 Å². The molecule has 0 spiro atoms. The molecule has 0 saturated carbocycles. The summed E-state index contributed by atoms with van der Waals surface area (Å²) in [5, 5.41) is 4.13. The molecule has 0 fully saturated rings. The molecule has 0 bridgehead atoms. The van der Waals surface area contributed by atoms with Gasteiger partial charge in [-0.2, -0.15) is 4.98 Å². The van der Waals surface area contributed by atoms with Gasteiger partial charge in [-0.15, -0.1) is 0 Å². The van der Waals surface area contributed by atoms with Gasteiger partial charge in [0.05, 0.1) is 7.11 Å². The van der Waals surface area contributed by atoms with E-state index in [4.69, 9.17) is 9.26 Å². The molecule has 3 aromatic rings. The molecule has 1 aliphatic carbocycles. The van der Waals surface area contributed by atoms with E-state index in [1.165, 1.54) is 23.1 Å². The molecule has 0 atom stereocenters. The van der Waals surface area contributed by atoms with Crippen LogP contribution in [0.5, 0.6) is 5.75 Å². The van der Waals surface area contributed by atoms with Crippen LogP contribution in [0.3, 0.4) is 0 Å². The highest BCUT2D eigenvalue weighted by atomic mass is 16.5. The lowest BCUT2D eigenvalue weighted by atomic mass is 9.70. The number of aromatic nitrogens is 2. The molecule has 31 heavy (non-hydrogen) atoms. The standard InChI is InChI=1S/C27H30N2O2/c1-6-24-18(2)22(15-16-27(24,3)4)17-19-7-9-21(10-8-19)26-28-25(29-31-26)20-11-13-23(30-5)14-12-20/h7-14,17H,6,15-16H2,1-5H3/b22-17+. The molecule has 0 N–H and O–H groups in total. The van der Waals surface area contributed by atoms with Crippen LogP contribution in [-0.4, -0.2) is 17.3 Å². The molecule has 4 heteroatoms. The third-order valence-electron chi connectivity index (χ3n) is 6.40. The zero-order valence-electron chi connectivity index (χ0n) is 19.0. The van der Waals surface area contributed by atoms with Gasteiger partial charge < -0.3 is 9.26 Å². The lowest BCUT2D eigenvalue weighted by Gasteiger charge is -2.35. The fourth-order valence-corrected chi connectivity index (χ4v) is 4.53. The second kappa shape index (κ2) is 8.54. The van der Waals surface area contributed by atoms with Gasteiger partial charge in [0.2, 0.25) is 5.82 Å². The third-order valence-corrected chi connectivity index (χ3v) is 6.40. The van der Waals surface area contributed by atoms with E-state index in [0.717, 1.165) is 29.7 Å². The van der Waals surface area contributed by atoms with Crippen LogP contribution in [0.25, 0.3) is 28.9 Å². The lowest BCUT2D eigenvalue weighted by Crippen LogP contribution is -2.21. The average molecular weight is 415 g/mol. The molecular formula is C27H30N2O2. The number of hydrogen-bond donors (Lipinski definition) is 0. The van der Waals surface area contributed by atoms with Crippen LogP contribution in [-0.2, 0) is 0 Å². The number of ether oxygens (including phenoxy) is 1. The predicted octanol–water partition coefficient (Wildman–Crippen LogP) is 7.34.